The van der Waals surface area contributed by atoms with Gasteiger partial charge in [-0.3, -0.25) is 15.1 Å². The van der Waals surface area contributed by atoms with E-state index in [2.05, 4.69) is 10.3 Å². The second kappa shape index (κ2) is 9.34. The molecule has 0 amide bonds. The van der Waals surface area contributed by atoms with E-state index in [1.54, 1.807) is 24.5 Å². The quantitative estimate of drug-likeness (QED) is 0.393. The predicted octanol–water partition coefficient (Wildman–Crippen LogP) is 5.26. The molecule has 32 heavy (non-hydrogen) atoms. The Hall–Kier alpha value is -3.48. The van der Waals surface area contributed by atoms with E-state index in [0.29, 0.717) is 16.8 Å². The van der Waals surface area contributed by atoms with Crippen LogP contribution in [0.1, 0.15) is 63.0 Å². The summed E-state index contributed by atoms with van der Waals surface area (Å²) in [6.45, 7) is 3.80. The molecule has 4 rings (SSSR count). The van der Waals surface area contributed by atoms with E-state index in [1.807, 2.05) is 32.0 Å². The number of aromatic nitrogens is 1. The Labute approximate surface area is 187 Å². The molecule has 1 N–H and O–H groups in total. The molecule has 0 spiro atoms. The lowest BCUT2D eigenvalue weighted by atomic mass is 9.78. The minimum atomic E-state index is -0.503. The molecule has 166 valence electrons. The van der Waals surface area contributed by atoms with Gasteiger partial charge in [0.1, 0.15) is 6.10 Å². The highest BCUT2D eigenvalue weighted by Crippen LogP contribution is 2.44. The van der Waals surface area contributed by atoms with Crippen LogP contribution in [0.3, 0.4) is 0 Å². The van der Waals surface area contributed by atoms with Gasteiger partial charge in [-0.1, -0.05) is 24.6 Å². The summed E-state index contributed by atoms with van der Waals surface area (Å²) in [5, 5.41) is 14.8. The maximum atomic E-state index is 13.5. The van der Waals surface area contributed by atoms with Crippen molar-refractivity contribution in [2.45, 2.75) is 58.0 Å². The van der Waals surface area contributed by atoms with Gasteiger partial charge in [-0.25, -0.2) is 4.79 Å². The Morgan fingerprint density at radius 3 is 2.59 bits per heavy atom. The lowest BCUT2D eigenvalue weighted by Crippen LogP contribution is -2.31. The van der Waals surface area contributed by atoms with Gasteiger partial charge in [0.2, 0.25) is 0 Å². The van der Waals surface area contributed by atoms with Crippen LogP contribution in [-0.4, -0.2) is 22.0 Å². The number of dihydropyridines is 1. The normalized spacial score (nSPS) is 19.5. The van der Waals surface area contributed by atoms with E-state index < -0.39 is 10.8 Å². The summed E-state index contributed by atoms with van der Waals surface area (Å²) < 4.78 is 5.94. The summed E-state index contributed by atoms with van der Waals surface area (Å²) >= 11 is 0. The highest BCUT2D eigenvalue weighted by molar-refractivity contribution is 5.97. The average molecular weight is 434 g/mol. The van der Waals surface area contributed by atoms with E-state index >= 15 is 0 Å². The zero-order chi connectivity index (χ0) is 22.7. The number of nitrogens with zero attached hydrogens (tertiary/aromatic N) is 2. The molecule has 2 aromatic rings. The molecule has 7 nitrogen and oxygen atoms in total. The first kappa shape index (κ1) is 21.7. The Bertz CT molecular complexity index is 1090. The number of pyridine rings is 1. The lowest BCUT2D eigenvalue weighted by molar-refractivity contribution is -0.384. The van der Waals surface area contributed by atoms with Crippen molar-refractivity contribution in [2.75, 3.05) is 0 Å². The topological polar surface area (TPSA) is 94.4 Å². The van der Waals surface area contributed by atoms with Crippen molar-refractivity contribution in [3.05, 3.63) is 87.0 Å². The number of hydrogen-bond acceptors (Lipinski definition) is 6. The Morgan fingerprint density at radius 1 is 1.12 bits per heavy atom. The molecular weight excluding hydrogens is 406 g/mol. The van der Waals surface area contributed by atoms with E-state index in [1.165, 1.54) is 12.5 Å². The number of carbonyl (C=O) groups excluding carboxylic acids is 1. The van der Waals surface area contributed by atoms with Gasteiger partial charge in [0.05, 0.1) is 10.5 Å². The Kier molecular flexibility index (Phi) is 6.35. The van der Waals surface area contributed by atoms with Crippen molar-refractivity contribution in [3.63, 3.8) is 0 Å². The van der Waals surface area contributed by atoms with E-state index in [-0.39, 0.29) is 17.8 Å². The maximum absolute atomic E-state index is 13.5. The van der Waals surface area contributed by atoms with Crippen molar-refractivity contribution in [3.8, 4) is 0 Å². The number of benzene rings is 1. The van der Waals surface area contributed by atoms with Gasteiger partial charge < -0.3 is 10.1 Å². The number of ether oxygens (including phenoxy) is 1. The number of allylic oxidation sites excluding steroid dienone is 3. The number of nitro benzene ring substituents is 1. The Morgan fingerprint density at radius 2 is 1.91 bits per heavy atom. The predicted molar refractivity (Wildman–Crippen MR) is 121 cm³/mol. The monoisotopic (exact) mass is 433 g/mol. The molecule has 1 aromatic carbocycles. The average Bonchev–Trinajstić information content (AvgIpc) is 2.79. The van der Waals surface area contributed by atoms with Gasteiger partial charge >= 0.3 is 5.97 Å². The summed E-state index contributed by atoms with van der Waals surface area (Å²) in [5.74, 6) is -0.872. The second-order valence-electron chi connectivity index (χ2n) is 8.39. The van der Waals surface area contributed by atoms with Gasteiger partial charge in [0.15, 0.2) is 0 Å². The highest BCUT2D eigenvalue weighted by atomic mass is 16.6. The summed E-state index contributed by atoms with van der Waals surface area (Å²) in [6.07, 6.45) is 8.38. The number of hydrogen-bond donors (Lipinski definition) is 1. The van der Waals surface area contributed by atoms with Crippen LogP contribution in [0, 0.1) is 10.1 Å². The number of rotatable bonds is 5. The smallest absolute Gasteiger partial charge is 0.337 e. The fourth-order valence-corrected chi connectivity index (χ4v) is 4.72. The zero-order valence-electron chi connectivity index (χ0n) is 18.3. The largest absolute Gasteiger partial charge is 0.459 e. The van der Waals surface area contributed by atoms with Crippen molar-refractivity contribution < 1.29 is 14.5 Å². The standard InChI is InChI=1S/C25H27N3O4/c1-16-22(19-9-7-13-26-15-19)24(18-8-6-10-20(14-18)28(30)31)23(17(2)27-16)25(29)32-21-11-4-3-5-12-21/h6-10,13-15,21,24,27H,3-5,11-12H2,1-2H3. The SMILES string of the molecule is CC1=C(C(=O)OC2CCCCC2)C(c2cccc([N+](=O)[O-])c2)C(c2cccnc2)=C(C)N1. The van der Waals surface area contributed by atoms with Crippen LogP contribution in [0.5, 0.6) is 0 Å². The van der Waals surface area contributed by atoms with Crippen molar-refractivity contribution in [1.29, 1.82) is 0 Å². The van der Waals surface area contributed by atoms with Gasteiger partial charge in [-0.15, -0.1) is 0 Å². The maximum Gasteiger partial charge on any atom is 0.337 e. The van der Waals surface area contributed by atoms with E-state index in [9.17, 15) is 14.9 Å². The molecular formula is C25H27N3O4. The van der Waals surface area contributed by atoms with Crippen LogP contribution >= 0.6 is 0 Å². The summed E-state index contributed by atoms with van der Waals surface area (Å²) in [7, 11) is 0. The number of non-ortho nitro benzene ring substituents is 1. The number of nitrogens with one attached hydrogen (secondary N) is 1. The first-order valence-electron chi connectivity index (χ1n) is 11.0. The molecule has 1 atom stereocenters. The molecule has 1 aliphatic carbocycles. The molecule has 0 radical (unpaired) electrons. The number of carbonyl (C=O) groups is 1. The van der Waals surface area contributed by atoms with Gasteiger partial charge in [0.25, 0.3) is 5.69 Å². The molecule has 7 heteroatoms. The molecule has 1 fully saturated rings. The fourth-order valence-electron chi connectivity index (χ4n) is 4.72. The molecule has 1 unspecified atom stereocenters. The van der Waals surface area contributed by atoms with Crippen molar-refractivity contribution in [2.24, 2.45) is 0 Å². The molecule has 0 bridgehead atoms. The van der Waals surface area contributed by atoms with Crippen LogP contribution in [0.25, 0.3) is 5.57 Å². The first-order valence-corrected chi connectivity index (χ1v) is 11.0. The molecule has 1 saturated carbocycles. The number of esters is 1. The molecule has 2 aliphatic rings. The lowest BCUT2D eigenvalue weighted by Gasteiger charge is -2.33. The fraction of sp³-hybridized carbons (Fsp3) is 0.360. The molecule has 0 saturated heterocycles. The Balaban J connectivity index is 1.81. The summed E-state index contributed by atoms with van der Waals surface area (Å²) in [6, 6.07) is 10.3. The zero-order valence-corrected chi connectivity index (χ0v) is 18.3. The molecule has 2 heterocycles. The molecule has 1 aliphatic heterocycles. The minimum absolute atomic E-state index is 0.0122. The summed E-state index contributed by atoms with van der Waals surface area (Å²) in [4.78, 5) is 28.8. The second-order valence-corrected chi connectivity index (χ2v) is 8.39. The van der Waals surface area contributed by atoms with Crippen LogP contribution in [0.4, 0.5) is 5.69 Å². The third-order valence-electron chi connectivity index (χ3n) is 6.19. The van der Waals surface area contributed by atoms with Gasteiger partial charge in [-0.05, 0) is 62.3 Å². The number of nitro groups is 1. The van der Waals surface area contributed by atoms with Gasteiger partial charge in [-0.2, -0.15) is 0 Å². The first-order chi connectivity index (χ1) is 15.5. The van der Waals surface area contributed by atoms with Crippen molar-refractivity contribution in [1.82, 2.24) is 10.3 Å². The van der Waals surface area contributed by atoms with Crippen LogP contribution in [0.2, 0.25) is 0 Å². The third-order valence-corrected chi connectivity index (χ3v) is 6.19. The highest BCUT2D eigenvalue weighted by Gasteiger charge is 2.36. The van der Waals surface area contributed by atoms with E-state index in [0.717, 1.165) is 42.5 Å². The molecule has 1 aromatic heterocycles. The minimum Gasteiger partial charge on any atom is -0.459 e. The summed E-state index contributed by atoms with van der Waals surface area (Å²) in [5.41, 5.74) is 4.44. The third kappa shape index (κ3) is 4.42. The van der Waals surface area contributed by atoms with E-state index in [4.69, 9.17) is 4.74 Å². The van der Waals surface area contributed by atoms with Crippen LogP contribution in [-0.2, 0) is 9.53 Å². The van der Waals surface area contributed by atoms with Gasteiger partial charge in [0, 0.05) is 41.8 Å². The van der Waals surface area contributed by atoms with Crippen molar-refractivity contribution >= 4 is 17.2 Å². The van der Waals surface area contributed by atoms with Crippen LogP contribution in [0.15, 0.2) is 65.8 Å². The van der Waals surface area contributed by atoms with Crippen LogP contribution < -0.4 is 5.32 Å².